The topological polar surface area (TPSA) is 60.4 Å². The lowest BCUT2D eigenvalue weighted by atomic mass is 9.47. The first-order chi connectivity index (χ1) is 11.3. The Labute approximate surface area is 142 Å². The number of ether oxygens (including phenoxy) is 1. The lowest BCUT2D eigenvalue weighted by Crippen LogP contribution is -2.54. The van der Waals surface area contributed by atoms with Crippen LogP contribution >= 0.6 is 0 Å². The van der Waals surface area contributed by atoms with Crippen molar-refractivity contribution in [2.75, 3.05) is 6.61 Å². The summed E-state index contributed by atoms with van der Waals surface area (Å²) in [6.45, 7) is 8.50. The van der Waals surface area contributed by atoms with Gasteiger partial charge in [-0.3, -0.25) is 4.79 Å². The number of allylic oxidation sites excluding steroid dienone is 2. The minimum Gasteiger partial charge on any atom is -0.458 e. The number of rotatable bonds is 3. The van der Waals surface area contributed by atoms with Crippen molar-refractivity contribution in [1.82, 2.24) is 0 Å². The van der Waals surface area contributed by atoms with Crippen molar-refractivity contribution in [2.45, 2.75) is 39.5 Å². The van der Waals surface area contributed by atoms with Crippen molar-refractivity contribution in [2.24, 2.45) is 22.7 Å². The van der Waals surface area contributed by atoms with Crippen LogP contribution in [0.2, 0.25) is 0 Å². The van der Waals surface area contributed by atoms with E-state index < -0.39 is 5.41 Å². The number of aldehydes is 1. The maximum atomic E-state index is 12.4. The molecular weight excluding hydrogens is 304 g/mol. The minimum absolute atomic E-state index is 0.00779. The Morgan fingerprint density at radius 3 is 2.67 bits per heavy atom. The van der Waals surface area contributed by atoms with E-state index in [0.717, 1.165) is 31.1 Å². The summed E-state index contributed by atoms with van der Waals surface area (Å²) < 4.78 is 4.93. The normalized spacial score (nSPS) is 39.6. The molecule has 2 fully saturated rings. The molecule has 1 aliphatic heterocycles. The number of fused-ring (bicyclic) bond motifs is 1. The summed E-state index contributed by atoms with van der Waals surface area (Å²) in [5.74, 6) is -0.186. The summed E-state index contributed by atoms with van der Waals surface area (Å²) >= 11 is 0. The van der Waals surface area contributed by atoms with Gasteiger partial charge in [0.2, 0.25) is 0 Å². The average molecular weight is 328 g/mol. The molecule has 0 spiro atoms. The molecule has 0 N–H and O–H groups in total. The van der Waals surface area contributed by atoms with Gasteiger partial charge in [0.25, 0.3) is 0 Å². The molecule has 0 aromatic rings. The van der Waals surface area contributed by atoms with Gasteiger partial charge >= 0.3 is 5.97 Å². The molecule has 0 saturated heterocycles. The highest BCUT2D eigenvalue weighted by Crippen LogP contribution is 2.59. The number of cyclic esters (lactones) is 1. The van der Waals surface area contributed by atoms with Gasteiger partial charge < -0.3 is 9.53 Å². The van der Waals surface area contributed by atoms with E-state index in [4.69, 9.17) is 4.74 Å². The fraction of sp³-hybridized carbons (Fsp3) is 0.550. The number of carbonyl (C=O) groups excluding carboxylic acids is 3. The first kappa shape index (κ1) is 16.9. The Bertz CT molecular complexity index is 671. The quantitative estimate of drug-likeness (QED) is 0.345. The van der Waals surface area contributed by atoms with Gasteiger partial charge in [0.1, 0.15) is 18.7 Å². The Morgan fingerprint density at radius 2 is 2.04 bits per heavy atom. The maximum Gasteiger partial charge on any atom is 0.338 e. The molecule has 24 heavy (non-hydrogen) atoms. The fourth-order valence-corrected chi connectivity index (χ4v) is 4.87. The van der Waals surface area contributed by atoms with Gasteiger partial charge in [-0.15, -0.1) is 0 Å². The van der Waals surface area contributed by atoms with Crippen LogP contribution in [0.5, 0.6) is 0 Å². The van der Waals surface area contributed by atoms with Gasteiger partial charge in [-0.05, 0) is 43.6 Å². The lowest BCUT2D eigenvalue weighted by Gasteiger charge is -2.55. The van der Waals surface area contributed by atoms with E-state index in [-0.39, 0.29) is 29.0 Å². The lowest BCUT2D eigenvalue weighted by molar-refractivity contribution is -0.150. The molecule has 2 aliphatic carbocycles. The van der Waals surface area contributed by atoms with Crippen LogP contribution in [0.4, 0.5) is 0 Å². The van der Waals surface area contributed by atoms with Gasteiger partial charge in [0.15, 0.2) is 0 Å². The summed E-state index contributed by atoms with van der Waals surface area (Å²) in [7, 11) is 0. The van der Waals surface area contributed by atoms with Crippen molar-refractivity contribution in [3.05, 3.63) is 36.0 Å². The second-order valence-electron chi connectivity index (χ2n) is 7.67. The van der Waals surface area contributed by atoms with Gasteiger partial charge in [0.05, 0.1) is 11.0 Å². The van der Waals surface area contributed by atoms with Crippen molar-refractivity contribution in [3.63, 3.8) is 0 Å². The fourth-order valence-electron chi connectivity index (χ4n) is 4.87. The van der Waals surface area contributed by atoms with E-state index in [9.17, 15) is 14.4 Å². The molecule has 128 valence electrons. The number of ketones is 1. The van der Waals surface area contributed by atoms with Crippen LogP contribution in [0, 0.1) is 22.7 Å². The molecule has 1 heterocycles. The van der Waals surface area contributed by atoms with Crippen LogP contribution in [0.15, 0.2) is 36.0 Å². The van der Waals surface area contributed by atoms with Crippen molar-refractivity contribution < 1.29 is 19.1 Å². The molecule has 3 rings (SSSR count). The molecule has 1 unspecified atom stereocenters. The summed E-state index contributed by atoms with van der Waals surface area (Å²) in [6, 6.07) is 0. The molecule has 0 aromatic heterocycles. The number of hydrogen-bond acceptors (Lipinski definition) is 4. The van der Waals surface area contributed by atoms with Crippen LogP contribution in [-0.4, -0.2) is 24.6 Å². The zero-order valence-corrected chi connectivity index (χ0v) is 14.3. The van der Waals surface area contributed by atoms with E-state index in [1.54, 1.807) is 13.0 Å². The molecule has 0 bridgehead atoms. The van der Waals surface area contributed by atoms with Gasteiger partial charge in [-0.25, -0.2) is 4.79 Å². The predicted molar refractivity (Wildman–Crippen MR) is 90.1 cm³/mol. The van der Waals surface area contributed by atoms with Crippen LogP contribution in [-0.2, 0) is 19.1 Å². The highest BCUT2D eigenvalue weighted by atomic mass is 16.5. The maximum absolute atomic E-state index is 12.4. The Balaban J connectivity index is 1.95. The van der Waals surface area contributed by atoms with Crippen molar-refractivity contribution in [3.8, 4) is 0 Å². The Morgan fingerprint density at radius 1 is 1.29 bits per heavy atom. The molecule has 2 saturated carbocycles. The van der Waals surface area contributed by atoms with E-state index in [1.807, 2.05) is 12.2 Å². The largest absolute Gasteiger partial charge is 0.458 e. The predicted octanol–water partition coefficient (Wildman–Crippen LogP) is 3.18. The van der Waals surface area contributed by atoms with Crippen LogP contribution in [0.25, 0.3) is 0 Å². The number of carbonyl (C=O) groups is 3. The molecule has 0 amide bonds. The Hall–Kier alpha value is -1.97. The SMILES string of the molecule is C=C1CCC2[C@](C)(CCC(=O)[C@@]2(C)C=O)[C@@H]1/C=C/C1=CCOC1=O. The highest BCUT2D eigenvalue weighted by Gasteiger charge is 2.57. The van der Waals surface area contributed by atoms with E-state index >= 15 is 0 Å². The molecule has 0 aromatic carbocycles. The molecule has 4 nitrogen and oxygen atoms in total. The zero-order chi connectivity index (χ0) is 17.5. The molecule has 4 atom stereocenters. The summed E-state index contributed by atoms with van der Waals surface area (Å²) in [6.07, 6.45) is 9.23. The zero-order valence-electron chi connectivity index (χ0n) is 14.3. The van der Waals surface area contributed by atoms with Crippen molar-refractivity contribution in [1.29, 1.82) is 0 Å². The third-order valence-electron chi connectivity index (χ3n) is 6.38. The summed E-state index contributed by atoms with van der Waals surface area (Å²) in [4.78, 5) is 35.8. The van der Waals surface area contributed by atoms with Crippen LogP contribution in [0.1, 0.15) is 39.5 Å². The van der Waals surface area contributed by atoms with Crippen LogP contribution in [0.3, 0.4) is 0 Å². The molecule has 0 radical (unpaired) electrons. The molecule has 4 heteroatoms. The smallest absolute Gasteiger partial charge is 0.338 e. The average Bonchev–Trinajstić information content (AvgIpc) is 2.96. The monoisotopic (exact) mass is 328 g/mol. The second kappa shape index (κ2) is 5.83. The number of esters is 1. The first-order valence-electron chi connectivity index (χ1n) is 8.55. The van der Waals surface area contributed by atoms with Gasteiger partial charge in [-0.2, -0.15) is 0 Å². The Kier molecular flexibility index (Phi) is 4.10. The van der Waals surface area contributed by atoms with Crippen LogP contribution < -0.4 is 0 Å². The third kappa shape index (κ3) is 2.40. The minimum atomic E-state index is -0.911. The van der Waals surface area contributed by atoms with E-state index in [1.165, 1.54) is 0 Å². The van der Waals surface area contributed by atoms with E-state index in [2.05, 4.69) is 13.5 Å². The molecule has 3 aliphatic rings. The number of hydrogen-bond donors (Lipinski definition) is 0. The van der Waals surface area contributed by atoms with Gasteiger partial charge in [-0.1, -0.05) is 31.2 Å². The summed E-state index contributed by atoms with van der Waals surface area (Å²) in [5, 5.41) is 0. The number of Topliss-reactive ketones (excluding diaryl/α,β-unsaturated/α-hetero) is 1. The third-order valence-corrected chi connectivity index (χ3v) is 6.38. The molecular formula is C20H24O4. The first-order valence-corrected chi connectivity index (χ1v) is 8.55. The van der Waals surface area contributed by atoms with Crippen molar-refractivity contribution >= 4 is 18.0 Å². The summed E-state index contributed by atoms with van der Waals surface area (Å²) in [5.41, 5.74) is 0.571. The standard InChI is InChI=1S/C20H24O4/c1-13-4-7-16-19(2,10-8-17(22)20(16,3)12-21)15(13)6-5-14-9-11-24-18(14)23/h5-6,9,12,15-16H,1,4,7-8,10-11H2,2-3H3/b6-5+/t15-,16?,19-,20+/m1/s1. The van der Waals surface area contributed by atoms with E-state index in [0.29, 0.717) is 18.6 Å². The second-order valence-corrected chi connectivity index (χ2v) is 7.67. The van der Waals surface area contributed by atoms with Gasteiger partial charge in [0, 0.05) is 12.3 Å². The highest BCUT2D eigenvalue weighted by molar-refractivity contribution is 5.99.